The van der Waals surface area contributed by atoms with E-state index in [1.54, 1.807) is 0 Å². The van der Waals surface area contributed by atoms with Crippen molar-refractivity contribution in [1.29, 1.82) is 0 Å². The molecule has 0 unspecified atom stereocenters. The van der Waals surface area contributed by atoms with Gasteiger partial charge in [0.2, 0.25) is 0 Å². The van der Waals surface area contributed by atoms with Gasteiger partial charge in [-0.2, -0.15) is 9.78 Å². The molecule has 4 heteroatoms. The summed E-state index contributed by atoms with van der Waals surface area (Å²) in [4.78, 5) is 12.6. The van der Waals surface area contributed by atoms with E-state index in [4.69, 9.17) is 4.74 Å². The number of carbonyl (C=O) groups is 1. The standard InChI is InChI=1S/C22H26N2O2/c1-22(2,3)26-21(25)24-20(18-12-8-5-9-13-18)16-19(23-24)15-14-17-10-6-4-7-11-17/h5,8-9,12-13,16-17H,4,6-7,10-11H2,1-3H3. The third kappa shape index (κ3) is 4.76. The number of benzene rings is 1. The Hall–Kier alpha value is -2.54. The fourth-order valence-corrected chi connectivity index (χ4v) is 3.12. The molecule has 0 atom stereocenters. The average Bonchev–Trinajstić information content (AvgIpc) is 3.05. The Kier molecular flexibility index (Phi) is 5.46. The molecule has 3 rings (SSSR count). The Morgan fingerprint density at radius 2 is 1.85 bits per heavy atom. The molecule has 4 nitrogen and oxygen atoms in total. The van der Waals surface area contributed by atoms with Crippen LogP contribution in [0.25, 0.3) is 11.3 Å². The average molecular weight is 350 g/mol. The predicted octanol–water partition coefficient (Wildman–Crippen LogP) is 5.27. The maximum atomic E-state index is 12.6. The Balaban J connectivity index is 1.92. The summed E-state index contributed by atoms with van der Waals surface area (Å²) in [6.07, 6.45) is 5.64. The summed E-state index contributed by atoms with van der Waals surface area (Å²) in [5.41, 5.74) is 1.65. The number of carbonyl (C=O) groups excluding carboxylic acids is 1. The summed E-state index contributed by atoms with van der Waals surface area (Å²) in [5, 5.41) is 4.42. The van der Waals surface area contributed by atoms with Crippen molar-refractivity contribution in [2.75, 3.05) is 0 Å². The first-order chi connectivity index (χ1) is 12.4. The third-order valence-electron chi connectivity index (χ3n) is 4.35. The molecular formula is C22H26N2O2. The lowest BCUT2D eigenvalue weighted by molar-refractivity contribution is 0.0517. The van der Waals surface area contributed by atoms with Crippen LogP contribution < -0.4 is 0 Å². The Bertz CT molecular complexity index is 813. The lowest BCUT2D eigenvalue weighted by Gasteiger charge is -2.19. The van der Waals surface area contributed by atoms with Crippen molar-refractivity contribution in [3.63, 3.8) is 0 Å². The molecule has 1 aliphatic carbocycles. The van der Waals surface area contributed by atoms with E-state index >= 15 is 0 Å². The molecular weight excluding hydrogens is 324 g/mol. The molecule has 1 aromatic carbocycles. The Morgan fingerprint density at radius 3 is 2.50 bits per heavy atom. The van der Waals surface area contributed by atoms with E-state index in [9.17, 15) is 4.79 Å². The van der Waals surface area contributed by atoms with E-state index in [0.717, 1.165) is 18.4 Å². The van der Waals surface area contributed by atoms with Gasteiger partial charge in [0.25, 0.3) is 0 Å². The fraction of sp³-hybridized carbons (Fsp3) is 0.455. The molecule has 1 saturated carbocycles. The van der Waals surface area contributed by atoms with E-state index in [1.807, 2.05) is 57.2 Å². The van der Waals surface area contributed by atoms with E-state index < -0.39 is 11.7 Å². The lowest BCUT2D eigenvalue weighted by atomic mass is 9.90. The summed E-state index contributed by atoms with van der Waals surface area (Å²) < 4.78 is 6.83. The van der Waals surface area contributed by atoms with Crippen LogP contribution in [-0.4, -0.2) is 21.5 Å². The minimum atomic E-state index is -0.578. The maximum Gasteiger partial charge on any atom is 0.435 e. The van der Waals surface area contributed by atoms with Crippen LogP contribution in [0.2, 0.25) is 0 Å². The molecule has 0 amide bonds. The minimum Gasteiger partial charge on any atom is -0.442 e. The van der Waals surface area contributed by atoms with Gasteiger partial charge in [-0.15, -0.1) is 0 Å². The molecule has 26 heavy (non-hydrogen) atoms. The number of ether oxygens (including phenoxy) is 1. The van der Waals surface area contributed by atoms with E-state index in [-0.39, 0.29) is 0 Å². The molecule has 136 valence electrons. The van der Waals surface area contributed by atoms with Crippen molar-refractivity contribution in [2.45, 2.75) is 58.5 Å². The molecule has 2 aromatic rings. The summed E-state index contributed by atoms with van der Waals surface area (Å²) in [7, 11) is 0. The van der Waals surface area contributed by atoms with Crippen molar-refractivity contribution in [3.8, 4) is 23.1 Å². The highest BCUT2D eigenvalue weighted by Crippen LogP contribution is 2.24. The molecule has 1 aromatic heterocycles. The molecule has 0 saturated heterocycles. The molecule has 0 N–H and O–H groups in total. The van der Waals surface area contributed by atoms with Gasteiger partial charge in [0.05, 0.1) is 5.69 Å². The number of nitrogens with zero attached hydrogens (tertiary/aromatic N) is 2. The van der Waals surface area contributed by atoms with Crippen LogP contribution in [-0.2, 0) is 4.74 Å². The van der Waals surface area contributed by atoms with Gasteiger partial charge in [-0.1, -0.05) is 55.5 Å². The van der Waals surface area contributed by atoms with Gasteiger partial charge in [-0.3, -0.25) is 0 Å². The monoisotopic (exact) mass is 350 g/mol. The van der Waals surface area contributed by atoms with Gasteiger partial charge in [0, 0.05) is 17.5 Å². The molecule has 1 aliphatic rings. The Morgan fingerprint density at radius 1 is 1.15 bits per heavy atom. The lowest BCUT2D eigenvalue weighted by Crippen LogP contribution is -2.28. The van der Waals surface area contributed by atoms with Gasteiger partial charge >= 0.3 is 6.09 Å². The van der Waals surface area contributed by atoms with Crippen molar-refractivity contribution < 1.29 is 9.53 Å². The number of rotatable bonds is 1. The molecule has 0 aliphatic heterocycles. The van der Waals surface area contributed by atoms with Crippen molar-refractivity contribution in [1.82, 2.24) is 9.78 Å². The van der Waals surface area contributed by atoms with Crippen LogP contribution in [0.5, 0.6) is 0 Å². The number of hydrogen-bond donors (Lipinski definition) is 0. The molecule has 0 radical (unpaired) electrons. The van der Waals surface area contributed by atoms with Crippen molar-refractivity contribution >= 4 is 6.09 Å². The zero-order valence-electron chi connectivity index (χ0n) is 15.8. The highest BCUT2D eigenvalue weighted by molar-refractivity contribution is 5.78. The van der Waals surface area contributed by atoms with Crippen LogP contribution in [0.3, 0.4) is 0 Å². The summed E-state index contributed by atoms with van der Waals surface area (Å²) >= 11 is 0. The SMILES string of the molecule is CC(C)(C)OC(=O)n1nc(C#CC2CCCCC2)cc1-c1ccccc1. The summed E-state index contributed by atoms with van der Waals surface area (Å²) in [6.45, 7) is 5.54. The van der Waals surface area contributed by atoms with E-state index in [0.29, 0.717) is 17.3 Å². The van der Waals surface area contributed by atoms with Gasteiger partial charge in [0.15, 0.2) is 0 Å². The largest absolute Gasteiger partial charge is 0.442 e. The normalized spacial score (nSPS) is 15.2. The molecule has 1 heterocycles. The first kappa shape index (κ1) is 18.3. The van der Waals surface area contributed by atoms with Crippen molar-refractivity contribution in [2.24, 2.45) is 5.92 Å². The first-order valence-corrected chi connectivity index (χ1v) is 9.33. The van der Waals surface area contributed by atoms with Gasteiger partial charge in [0.1, 0.15) is 11.3 Å². The molecule has 1 fully saturated rings. The smallest absolute Gasteiger partial charge is 0.435 e. The quantitative estimate of drug-likeness (QED) is 0.659. The summed E-state index contributed by atoms with van der Waals surface area (Å²) in [5.74, 6) is 6.95. The second-order valence-corrected chi connectivity index (χ2v) is 7.78. The minimum absolute atomic E-state index is 0.440. The van der Waals surface area contributed by atoms with Gasteiger partial charge < -0.3 is 4.74 Å². The van der Waals surface area contributed by atoms with E-state index in [1.165, 1.54) is 23.9 Å². The van der Waals surface area contributed by atoms with Gasteiger partial charge in [-0.25, -0.2) is 4.79 Å². The topological polar surface area (TPSA) is 44.1 Å². The van der Waals surface area contributed by atoms with Crippen LogP contribution >= 0.6 is 0 Å². The Labute approximate surface area is 155 Å². The zero-order chi connectivity index (χ0) is 18.6. The zero-order valence-corrected chi connectivity index (χ0v) is 15.8. The third-order valence-corrected chi connectivity index (χ3v) is 4.35. The second kappa shape index (κ2) is 7.78. The first-order valence-electron chi connectivity index (χ1n) is 9.33. The van der Waals surface area contributed by atoms with Crippen molar-refractivity contribution in [3.05, 3.63) is 42.1 Å². The number of aromatic nitrogens is 2. The molecule has 0 bridgehead atoms. The highest BCUT2D eigenvalue weighted by Gasteiger charge is 2.22. The van der Waals surface area contributed by atoms with E-state index in [2.05, 4.69) is 16.9 Å². The molecule has 0 spiro atoms. The van der Waals surface area contributed by atoms with Gasteiger partial charge in [-0.05, 0) is 39.5 Å². The number of hydrogen-bond acceptors (Lipinski definition) is 3. The second-order valence-electron chi connectivity index (χ2n) is 7.78. The predicted molar refractivity (Wildman–Crippen MR) is 103 cm³/mol. The summed E-state index contributed by atoms with van der Waals surface area (Å²) in [6, 6.07) is 11.6. The highest BCUT2D eigenvalue weighted by atomic mass is 16.6. The maximum absolute atomic E-state index is 12.6. The van der Waals surface area contributed by atoms with Crippen LogP contribution in [0.1, 0.15) is 58.6 Å². The van der Waals surface area contributed by atoms with Crippen LogP contribution in [0.4, 0.5) is 4.79 Å². The van der Waals surface area contributed by atoms with Crippen LogP contribution in [0, 0.1) is 17.8 Å². The fourth-order valence-electron chi connectivity index (χ4n) is 3.12. The van der Waals surface area contributed by atoms with Crippen LogP contribution in [0.15, 0.2) is 36.4 Å².